The Morgan fingerprint density at radius 3 is 2.81 bits per heavy atom. The molecular formula is C19H31FN4OS. The van der Waals surface area contributed by atoms with Crippen LogP contribution in [-0.4, -0.2) is 68.6 Å². The number of benzene rings is 1. The highest BCUT2D eigenvalue weighted by Gasteiger charge is 2.16. The number of halogens is 1. The normalized spacial score (nSPS) is 17.1. The van der Waals surface area contributed by atoms with Crippen molar-refractivity contribution in [2.75, 3.05) is 51.7 Å². The fourth-order valence-electron chi connectivity index (χ4n) is 2.74. The third-order valence-electron chi connectivity index (χ3n) is 4.28. The Morgan fingerprint density at radius 1 is 1.31 bits per heavy atom. The SMILES string of the molecule is CCNC(=NCC(C)N1CCOCC1)NCCSCc1ccccc1F. The number of thioether (sulfide) groups is 1. The minimum atomic E-state index is -0.125. The van der Waals surface area contributed by atoms with Gasteiger partial charge in [0.1, 0.15) is 5.82 Å². The van der Waals surface area contributed by atoms with Gasteiger partial charge < -0.3 is 15.4 Å². The molecule has 0 saturated carbocycles. The van der Waals surface area contributed by atoms with Crippen LogP contribution in [0.15, 0.2) is 29.3 Å². The fraction of sp³-hybridized carbons (Fsp3) is 0.632. The summed E-state index contributed by atoms with van der Waals surface area (Å²) in [5.74, 6) is 2.31. The lowest BCUT2D eigenvalue weighted by Crippen LogP contribution is -2.44. The average molecular weight is 383 g/mol. The van der Waals surface area contributed by atoms with Gasteiger partial charge in [-0.05, 0) is 25.5 Å². The molecule has 1 aliphatic heterocycles. The zero-order chi connectivity index (χ0) is 18.6. The van der Waals surface area contributed by atoms with Crippen LogP contribution in [-0.2, 0) is 10.5 Å². The zero-order valence-corrected chi connectivity index (χ0v) is 16.7. The first-order valence-electron chi connectivity index (χ1n) is 9.35. The Morgan fingerprint density at radius 2 is 2.08 bits per heavy atom. The minimum Gasteiger partial charge on any atom is -0.379 e. The van der Waals surface area contributed by atoms with Crippen LogP contribution in [0, 0.1) is 5.82 Å². The largest absolute Gasteiger partial charge is 0.379 e. The number of rotatable bonds is 9. The molecule has 5 nitrogen and oxygen atoms in total. The molecule has 2 rings (SSSR count). The van der Waals surface area contributed by atoms with Gasteiger partial charge in [-0.25, -0.2) is 4.39 Å². The summed E-state index contributed by atoms with van der Waals surface area (Å²) in [5.41, 5.74) is 0.761. The maximum atomic E-state index is 13.6. The average Bonchev–Trinajstić information content (AvgIpc) is 2.67. The van der Waals surface area contributed by atoms with E-state index in [4.69, 9.17) is 9.73 Å². The van der Waals surface area contributed by atoms with Crippen molar-refractivity contribution in [1.29, 1.82) is 0 Å². The predicted molar refractivity (Wildman–Crippen MR) is 108 cm³/mol. The van der Waals surface area contributed by atoms with Crippen molar-refractivity contribution in [2.24, 2.45) is 4.99 Å². The predicted octanol–water partition coefficient (Wildman–Crippen LogP) is 2.33. The molecule has 2 N–H and O–H groups in total. The molecule has 1 fully saturated rings. The van der Waals surface area contributed by atoms with E-state index in [-0.39, 0.29) is 5.82 Å². The van der Waals surface area contributed by atoms with E-state index in [1.165, 1.54) is 6.07 Å². The smallest absolute Gasteiger partial charge is 0.191 e. The first kappa shape index (κ1) is 21.0. The monoisotopic (exact) mass is 382 g/mol. The van der Waals surface area contributed by atoms with E-state index >= 15 is 0 Å². The molecule has 7 heteroatoms. The van der Waals surface area contributed by atoms with Crippen LogP contribution < -0.4 is 10.6 Å². The van der Waals surface area contributed by atoms with Gasteiger partial charge in [0.2, 0.25) is 0 Å². The van der Waals surface area contributed by atoms with E-state index in [0.717, 1.165) is 63.2 Å². The van der Waals surface area contributed by atoms with Crippen LogP contribution in [0.2, 0.25) is 0 Å². The highest BCUT2D eigenvalue weighted by molar-refractivity contribution is 7.98. The lowest BCUT2D eigenvalue weighted by molar-refractivity contribution is 0.0220. The second kappa shape index (κ2) is 12.1. The third kappa shape index (κ3) is 7.51. The second-order valence-electron chi connectivity index (χ2n) is 6.29. The molecule has 1 atom stereocenters. The summed E-state index contributed by atoms with van der Waals surface area (Å²) in [6.07, 6.45) is 0. The molecule has 1 heterocycles. The second-order valence-corrected chi connectivity index (χ2v) is 7.39. The van der Waals surface area contributed by atoms with Gasteiger partial charge in [0, 0.05) is 43.7 Å². The molecule has 1 aromatic rings. The Kier molecular flexibility index (Phi) is 9.81. The van der Waals surface area contributed by atoms with Gasteiger partial charge in [0.05, 0.1) is 19.8 Å². The molecule has 1 saturated heterocycles. The van der Waals surface area contributed by atoms with Crippen LogP contribution in [0.3, 0.4) is 0 Å². The molecule has 1 unspecified atom stereocenters. The Labute approximate surface area is 160 Å². The summed E-state index contributed by atoms with van der Waals surface area (Å²) in [4.78, 5) is 7.12. The van der Waals surface area contributed by atoms with Gasteiger partial charge >= 0.3 is 0 Å². The molecule has 1 aromatic carbocycles. The number of ether oxygens (including phenoxy) is 1. The van der Waals surface area contributed by atoms with Gasteiger partial charge in [-0.15, -0.1) is 0 Å². The highest BCUT2D eigenvalue weighted by Crippen LogP contribution is 2.14. The summed E-state index contributed by atoms with van der Waals surface area (Å²) in [5, 5.41) is 6.65. The molecule has 0 radical (unpaired) electrons. The lowest BCUT2D eigenvalue weighted by Gasteiger charge is -2.31. The summed E-state index contributed by atoms with van der Waals surface area (Å²) in [7, 11) is 0. The summed E-state index contributed by atoms with van der Waals surface area (Å²) >= 11 is 1.72. The summed E-state index contributed by atoms with van der Waals surface area (Å²) < 4.78 is 19.0. The first-order chi connectivity index (χ1) is 12.7. The van der Waals surface area contributed by atoms with E-state index in [9.17, 15) is 4.39 Å². The molecule has 0 amide bonds. The van der Waals surface area contributed by atoms with E-state index in [2.05, 4.69) is 29.4 Å². The molecule has 146 valence electrons. The van der Waals surface area contributed by atoms with E-state index in [0.29, 0.717) is 11.8 Å². The maximum absolute atomic E-state index is 13.6. The Bertz CT molecular complexity index is 552. The van der Waals surface area contributed by atoms with Crippen molar-refractivity contribution in [1.82, 2.24) is 15.5 Å². The number of nitrogens with one attached hydrogen (secondary N) is 2. The summed E-state index contributed by atoms with van der Waals surface area (Å²) in [6, 6.07) is 7.36. The van der Waals surface area contributed by atoms with Crippen molar-refractivity contribution >= 4 is 17.7 Å². The van der Waals surface area contributed by atoms with Gasteiger partial charge in [-0.2, -0.15) is 11.8 Å². The van der Waals surface area contributed by atoms with Crippen molar-refractivity contribution < 1.29 is 9.13 Å². The Hall–Kier alpha value is -1.31. The fourth-order valence-corrected chi connectivity index (χ4v) is 3.58. The number of morpholine rings is 1. The van der Waals surface area contributed by atoms with Crippen LogP contribution in [0.5, 0.6) is 0 Å². The molecule has 26 heavy (non-hydrogen) atoms. The van der Waals surface area contributed by atoms with Crippen molar-refractivity contribution in [2.45, 2.75) is 25.6 Å². The van der Waals surface area contributed by atoms with Crippen LogP contribution in [0.1, 0.15) is 19.4 Å². The highest BCUT2D eigenvalue weighted by atomic mass is 32.2. The number of nitrogens with zero attached hydrogens (tertiary/aromatic N) is 2. The zero-order valence-electron chi connectivity index (χ0n) is 15.8. The van der Waals surface area contributed by atoms with Gasteiger partial charge in [0.25, 0.3) is 0 Å². The molecule has 0 aromatic heterocycles. The lowest BCUT2D eigenvalue weighted by atomic mass is 10.2. The number of hydrogen-bond acceptors (Lipinski definition) is 4. The van der Waals surface area contributed by atoms with Gasteiger partial charge in [0.15, 0.2) is 5.96 Å². The van der Waals surface area contributed by atoms with Crippen LogP contribution >= 0.6 is 11.8 Å². The third-order valence-corrected chi connectivity index (χ3v) is 5.29. The molecular weight excluding hydrogens is 351 g/mol. The topological polar surface area (TPSA) is 48.9 Å². The number of aliphatic imine (C=N–C) groups is 1. The molecule has 0 aliphatic carbocycles. The van der Waals surface area contributed by atoms with Crippen molar-refractivity contribution in [3.8, 4) is 0 Å². The van der Waals surface area contributed by atoms with E-state index < -0.39 is 0 Å². The standard InChI is InChI=1S/C19H31FN4OS/c1-3-21-19(23-14-16(2)24-9-11-25-12-10-24)22-8-13-26-15-17-6-4-5-7-18(17)20/h4-7,16H,3,8-15H2,1-2H3,(H2,21,22,23). The van der Waals surface area contributed by atoms with E-state index in [1.54, 1.807) is 17.8 Å². The van der Waals surface area contributed by atoms with Crippen molar-refractivity contribution in [3.63, 3.8) is 0 Å². The Balaban J connectivity index is 1.68. The summed E-state index contributed by atoms with van der Waals surface area (Å²) in [6.45, 7) is 10.3. The molecule has 1 aliphatic rings. The maximum Gasteiger partial charge on any atom is 0.191 e. The van der Waals surface area contributed by atoms with Crippen LogP contribution in [0.25, 0.3) is 0 Å². The van der Waals surface area contributed by atoms with Crippen LogP contribution in [0.4, 0.5) is 4.39 Å². The number of guanidine groups is 1. The molecule has 0 bridgehead atoms. The van der Waals surface area contributed by atoms with Gasteiger partial charge in [-0.1, -0.05) is 18.2 Å². The molecule has 0 spiro atoms. The van der Waals surface area contributed by atoms with Crippen molar-refractivity contribution in [3.05, 3.63) is 35.6 Å². The first-order valence-corrected chi connectivity index (χ1v) is 10.5. The van der Waals surface area contributed by atoms with E-state index in [1.807, 2.05) is 12.1 Å². The quantitative estimate of drug-likeness (QED) is 0.390. The van der Waals surface area contributed by atoms with Gasteiger partial charge in [-0.3, -0.25) is 9.89 Å². The minimum absolute atomic E-state index is 0.125. The number of hydrogen-bond donors (Lipinski definition) is 2.